The number of nitrogens with zero attached hydrogens (tertiary/aromatic N) is 5. The van der Waals surface area contributed by atoms with Crippen LogP contribution in [-0.2, 0) is 0 Å². The summed E-state index contributed by atoms with van der Waals surface area (Å²) in [4.78, 5) is 28.5. The molecule has 1 amide bonds. The number of piperazine rings is 1. The number of benzene rings is 1. The van der Waals surface area contributed by atoms with E-state index in [1.54, 1.807) is 6.07 Å². The van der Waals surface area contributed by atoms with Gasteiger partial charge in [0.25, 0.3) is 5.91 Å². The van der Waals surface area contributed by atoms with Gasteiger partial charge in [-0.1, -0.05) is 6.92 Å². The normalized spacial score (nSPS) is 20.1. The summed E-state index contributed by atoms with van der Waals surface area (Å²) >= 11 is 0. The van der Waals surface area contributed by atoms with Crippen molar-refractivity contribution < 1.29 is 9.18 Å². The van der Waals surface area contributed by atoms with Crippen molar-refractivity contribution in [2.24, 2.45) is 5.92 Å². The minimum Gasteiger partial charge on any atom is -0.368 e. The SMILES string of the molecule is Cc1cc(C(=O)N2CCCC(C)C2)nc(N2CCN(c3ccc(F)cc3)CC2)n1. The number of anilines is 2. The first-order chi connectivity index (χ1) is 14.0. The van der Waals surface area contributed by atoms with Crippen molar-refractivity contribution in [3.63, 3.8) is 0 Å². The van der Waals surface area contributed by atoms with Crippen molar-refractivity contribution in [2.45, 2.75) is 26.7 Å². The average molecular weight is 397 g/mol. The highest BCUT2D eigenvalue weighted by Crippen LogP contribution is 2.21. The second-order valence-electron chi connectivity index (χ2n) is 8.14. The molecule has 7 heteroatoms. The quantitative estimate of drug-likeness (QED) is 0.797. The second-order valence-corrected chi connectivity index (χ2v) is 8.14. The van der Waals surface area contributed by atoms with Crippen LogP contribution in [-0.4, -0.2) is 60.0 Å². The summed E-state index contributed by atoms with van der Waals surface area (Å²) in [5, 5.41) is 0. The standard InChI is InChI=1S/C22H28FN5O/c1-16-4-3-9-28(15-16)21(29)20-14-17(2)24-22(25-20)27-12-10-26(11-13-27)19-7-5-18(23)6-8-19/h5-8,14,16H,3-4,9-13,15H2,1-2H3. The lowest BCUT2D eigenvalue weighted by molar-refractivity contribution is 0.0677. The first kappa shape index (κ1) is 19.6. The Morgan fingerprint density at radius 3 is 2.41 bits per heavy atom. The fourth-order valence-electron chi connectivity index (χ4n) is 4.16. The summed E-state index contributed by atoms with van der Waals surface area (Å²) < 4.78 is 13.2. The molecule has 1 aromatic carbocycles. The van der Waals surface area contributed by atoms with Crippen molar-refractivity contribution in [1.82, 2.24) is 14.9 Å². The van der Waals surface area contributed by atoms with Gasteiger partial charge in [-0.05, 0) is 56.0 Å². The van der Waals surface area contributed by atoms with Crippen LogP contribution in [0.5, 0.6) is 0 Å². The Bertz CT molecular complexity index is 864. The van der Waals surface area contributed by atoms with Crippen LogP contribution in [0.3, 0.4) is 0 Å². The molecule has 1 unspecified atom stereocenters. The minimum atomic E-state index is -0.221. The number of carbonyl (C=O) groups is 1. The first-order valence-electron chi connectivity index (χ1n) is 10.4. The fourth-order valence-corrected chi connectivity index (χ4v) is 4.16. The maximum Gasteiger partial charge on any atom is 0.272 e. The van der Waals surface area contributed by atoms with E-state index in [9.17, 15) is 9.18 Å². The number of aryl methyl sites for hydroxylation is 1. The van der Waals surface area contributed by atoms with Crippen LogP contribution in [0.4, 0.5) is 16.0 Å². The van der Waals surface area contributed by atoms with E-state index in [-0.39, 0.29) is 11.7 Å². The topological polar surface area (TPSA) is 52.6 Å². The molecule has 2 fully saturated rings. The summed E-state index contributed by atoms with van der Waals surface area (Å²) in [5.41, 5.74) is 2.32. The number of piperidine rings is 1. The van der Waals surface area contributed by atoms with E-state index in [1.807, 2.05) is 24.0 Å². The Morgan fingerprint density at radius 1 is 1.03 bits per heavy atom. The van der Waals surface area contributed by atoms with Crippen molar-refractivity contribution in [3.8, 4) is 0 Å². The van der Waals surface area contributed by atoms with Crippen molar-refractivity contribution >= 4 is 17.5 Å². The molecule has 154 valence electrons. The van der Waals surface area contributed by atoms with Crippen LogP contribution in [0, 0.1) is 18.7 Å². The van der Waals surface area contributed by atoms with Gasteiger partial charge in [0, 0.05) is 50.6 Å². The van der Waals surface area contributed by atoms with Crippen LogP contribution < -0.4 is 9.80 Å². The third-order valence-electron chi connectivity index (χ3n) is 5.76. The molecule has 1 aromatic heterocycles. The number of carbonyl (C=O) groups excluding carboxylic acids is 1. The molecule has 2 saturated heterocycles. The summed E-state index contributed by atoms with van der Waals surface area (Å²) in [6, 6.07) is 8.39. The molecule has 2 aromatic rings. The third-order valence-corrected chi connectivity index (χ3v) is 5.76. The number of amides is 1. The predicted octanol–water partition coefficient (Wildman–Crippen LogP) is 3.12. The molecule has 3 heterocycles. The zero-order valence-electron chi connectivity index (χ0n) is 17.1. The summed E-state index contributed by atoms with van der Waals surface area (Å²) in [7, 11) is 0. The van der Waals surface area contributed by atoms with E-state index in [0.717, 1.165) is 57.1 Å². The predicted molar refractivity (Wildman–Crippen MR) is 112 cm³/mol. The van der Waals surface area contributed by atoms with Gasteiger partial charge >= 0.3 is 0 Å². The number of aromatic nitrogens is 2. The molecular weight excluding hydrogens is 369 g/mol. The highest BCUT2D eigenvalue weighted by Gasteiger charge is 2.25. The third kappa shape index (κ3) is 4.49. The first-order valence-corrected chi connectivity index (χ1v) is 10.4. The average Bonchev–Trinajstić information content (AvgIpc) is 2.73. The molecule has 4 rings (SSSR count). The van der Waals surface area contributed by atoms with Crippen LogP contribution in [0.2, 0.25) is 0 Å². The molecule has 0 bridgehead atoms. The molecule has 29 heavy (non-hydrogen) atoms. The molecule has 1 atom stereocenters. The van der Waals surface area contributed by atoms with Gasteiger partial charge in [-0.3, -0.25) is 4.79 Å². The highest BCUT2D eigenvalue weighted by molar-refractivity contribution is 5.92. The minimum absolute atomic E-state index is 0.00764. The van der Waals surface area contributed by atoms with E-state index in [4.69, 9.17) is 0 Å². The molecule has 0 aliphatic carbocycles. The molecule has 0 radical (unpaired) electrons. The van der Waals surface area contributed by atoms with Crippen LogP contribution >= 0.6 is 0 Å². The zero-order chi connectivity index (χ0) is 20.4. The fraction of sp³-hybridized carbons (Fsp3) is 0.500. The van der Waals surface area contributed by atoms with Crippen LogP contribution in [0.15, 0.2) is 30.3 Å². The highest BCUT2D eigenvalue weighted by atomic mass is 19.1. The molecule has 6 nitrogen and oxygen atoms in total. The lowest BCUT2D eigenvalue weighted by Gasteiger charge is -2.36. The van der Waals surface area contributed by atoms with Gasteiger partial charge in [0.2, 0.25) is 5.95 Å². The number of hydrogen-bond donors (Lipinski definition) is 0. The number of hydrogen-bond acceptors (Lipinski definition) is 5. The molecule has 0 saturated carbocycles. The molecule has 0 N–H and O–H groups in total. The van der Waals surface area contributed by atoms with E-state index < -0.39 is 0 Å². The molecular formula is C22H28FN5O. The molecule has 2 aliphatic rings. The van der Waals surface area contributed by atoms with E-state index in [0.29, 0.717) is 17.6 Å². The lowest BCUT2D eigenvalue weighted by Crippen LogP contribution is -2.47. The second kappa shape index (κ2) is 8.35. The van der Waals surface area contributed by atoms with E-state index >= 15 is 0 Å². The van der Waals surface area contributed by atoms with Gasteiger partial charge < -0.3 is 14.7 Å². The van der Waals surface area contributed by atoms with Gasteiger partial charge in [0.15, 0.2) is 0 Å². The van der Waals surface area contributed by atoms with Crippen molar-refractivity contribution in [1.29, 1.82) is 0 Å². The molecule has 2 aliphatic heterocycles. The Balaban J connectivity index is 1.45. The lowest BCUT2D eigenvalue weighted by atomic mass is 10.00. The van der Waals surface area contributed by atoms with Gasteiger partial charge in [0.05, 0.1) is 0 Å². The van der Waals surface area contributed by atoms with Crippen molar-refractivity contribution in [3.05, 3.63) is 47.5 Å². The van der Waals surface area contributed by atoms with Crippen LogP contribution in [0.25, 0.3) is 0 Å². The molecule has 0 spiro atoms. The monoisotopic (exact) mass is 397 g/mol. The van der Waals surface area contributed by atoms with Gasteiger partial charge in [-0.2, -0.15) is 0 Å². The van der Waals surface area contributed by atoms with Crippen molar-refractivity contribution in [2.75, 3.05) is 49.1 Å². The Morgan fingerprint density at radius 2 is 1.72 bits per heavy atom. The zero-order valence-corrected chi connectivity index (χ0v) is 17.1. The van der Waals surface area contributed by atoms with Gasteiger partial charge in [-0.15, -0.1) is 0 Å². The maximum atomic E-state index is 13.2. The number of rotatable bonds is 3. The summed E-state index contributed by atoms with van der Waals surface area (Å²) in [6.07, 6.45) is 2.23. The smallest absolute Gasteiger partial charge is 0.272 e. The van der Waals surface area contributed by atoms with E-state index in [1.165, 1.54) is 18.6 Å². The summed E-state index contributed by atoms with van der Waals surface area (Å²) in [6.45, 7) is 8.83. The largest absolute Gasteiger partial charge is 0.368 e. The van der Waals surface area contributed by atoms with E-state index in [2.05, 4.69) is 26.7 Å². The maximum absolute atomic E-state index is 13.2. The van der Waals surface area contributed by atoms with Crippen LogP contribution in [0.1, 0.15) is 35.9 Å². The summed E-state index contributed by atoms with van der Waals surface area (Å²) in [5.74, 6) is 0.945. The Hall–Kier alpha value is -2.70. The Labute approximate surface area is 171 Å². The van der Waals surface area contributed by atoms with Gasteiger partial charge in [-0.25, -0.2) is 14.4 Å². The van der Waals surface area contributed by atoms with Gasteiger partial charge in [0.1, 0.15) is 11.5 Å². The number of likely N-dealkylation sites (tertiary alicyclic amines) is 1. The Kier molecular flexibility index (Phi) is 5.65. The number of halogens is 1.